The Kier molecular flexibility index (Phi) is 5.81. The third-order valence-electron chi connectivity index (χ3n) is 6.23. The van der Waals surface area contributed by atoms with Crippen LogP contribution in [0.3, 0.4) is 0 Å². The van der Waals surface area contributed by atoms with E-state index in [0.717, 1.165) is 39.9 Å². The SMILES string of the molecule is COc1cc(-c2ccc3c(ccn3Cc3ccc(C)cc3)c2)c(OC)cc1-c1ccc(F)cc1. The highest BCUT2D eigenvalue weighted by Crippen LogP contribution is 2.41. The smallest absolute Gasteiger partial charge is 0.127 e. The van der Waals surface area contributed by atoms with Crippen molar-refractivity contribution >= 4 is 10.9 Å². The zero-order chi connectivity index (χ0) is 23.7. The van der Waals surface area contributed by atoms with Gasteiger partial charge in [0.2, 0.25) is 0 Å². The Hall–Kier alpha value is -4.05. The van der Waals surface area contributed by atoms with Gasteiger partial charge in [-0.15, -0.1) is 0 Å². The molecule has 0 bridgehead atoms. The Morgan fingerprint density at radius 3 is 1.97 bits per heavy atom. The van der Waals surface area contributed by atoms with Gasteiger partial charge < -0.3 is 14.0 Å². The van der Waals surface area contributed by atoms with Crippen molar-refractivity contribution < 1.29 is 13.9 Å². The Morgan fingerprint density at radius 1 is 0.706 bits per heavy atom. The highest BCUT2D eigenvalue weighted by Gasteiger charge is 2.15. The third kappa shape index (κ3) is 4.15. The molecule has 0 aliphatic heterocycles. The standard InChI is InChI=1S/C30H26FNO2/c1-20-4-6-21(7-5-20)19-32-15-14-24-16-23(10-13-28(24)32)27-18-29(33-2)26(17-30(27)34-3)22-8-11-25(31)12-9-22/h4-18H,19H2,1-3H3. The molecule has 4 aromatic carbocycles. The van der Waals surface area contributed by atoms with Crippen molar-refractivity contribution in [1.82, 2.24) is 4.57 Å². The van der Waals surface area contributed by atoms with Gasteiger partial charge in [0, 0.05) is 34.8 Å². The Bertz CT molecular complexity index is 1450. The second kappa shape index (κ2) is 9.06. The van der Waals surface area contributed by atoms with Crippen molar-refractivity contribution in [3.05, 3.63) is 108 Å². The number of hydrogen-bond acceptors (Lipinski definition) is 2. The van der Waals surface area contributed by atoms with Gasteiger partial charge in [-0.1, -0.05) is 48.0 Å². The maximum Gasteiger partial charge on any atom is 0.127 e. The van der Waals surface area contributed by atoms with Crippen molar-refractivity contribution in [3.63, 3.8) is 0 Å². The van der Waals surface area contributed by atoms with Crippen LogP contribution in [0.4, 0.5) is 4.39 Å². The fourth-order valence-corrected chi connectivity index (χ4v) is 4.37. The summed E-state index contributed by atoms with van der Waals surface area (Å²) in [6.45, 7) is 2.93. The van der Waals surface area contributed by atoms with Crippen molar-refractivity contribution in [1.29, 1.82) is 0 Å². The lowest BCUT2D eigenvalue weighted by atomic mass is 9.97. The first-order chi connectivity index (χ1) is 16.6. The summed E-state index contributed by atoms with van der Waals surface area (Å²) < 4.78 is 27.1. The average Bonchev–Trinajstić information content (AvgIpc) is 3.27. The summed E-state index contributed by atoms with van der Waals surface area (Å²) >= 11 is 0. The highest BCUT2D eigenvalue weighted by molar-refractivity contribution is 5.89. The molecule has 0 saturated carbocycles. The van der Waals surface area contributed by atoms with Gasteiger partial charge in [0.25, 0.3) is 0 Å². The third-order valence-corrected chi connectivity index (χ3v) is 6.23. The van der Waals surface area contributed by atoms with E-state index in [9.17, 15) is 4.39 Å². The Labute approximate surface area is 199 Å². The van der Waals surface area contributed by atoms with Gasteiger partial charge in [0.15, 0.2) is 0 Å². The predicted molar refractivity (Wildman–Crippen MR) is 136 cm³/mol. The minimum Gasteiger partial charge on any atom is -0.496 e. The largest absolute Gasteiger partial charge is 0.496 e. The van der Waals surface area contributed by atoms with Crippen LogP contribution in [0.5, 0.6) is 11.5 Å². The molecule has 0 spiro atoms. The van der Waals surface area contributed by atoms with Gasteiger partial charge in [-0.2, -0.15) is 0 Å². The number of nitrogens with zero attached hydrogens (tertiary/aromatic N) is 1. The molecular weight excluding hydrogens is 425 g/mol. The summed E-state index contributed by atoms with van der Waals surface area (Å²) in [5.74, 6) is 1.17. The van der Waals surface area contributed by atoms with Gasteiger partial charge in [0.1, 0.15) is 17.3 Å². The van der Waals surface area contributed by atoms with Crippen LogP contribution in [0.15, 0.2) is 91.1 Å². The summed E-state index contributed by atoms with van der Waals surface area (Å²) in [6.07, 6.45) is 2.13. The lowest BCUT2D eigenvalue weighted by Gasteiger charge is -2.16. The van der Waals surface area contributed by atoms with Crippen LogP contribution in [0.25, 0.3) is 33.2 Å². The van der Waals surface area contributed by atoms with E-state index in [2.05, 4.69) is 66.2 Å². The number of ether oxygens (including phenoxy) is 2. The molecule has 0 N–H and O–H groups in total. The van der Waals surface area contributed by atoms with E-state index >= 15 is 0 Å². The number of hydrogen-bond donors (Lipinski definition) is 0. The fourth-order valence-electron chi connectivity index (χ4n) is 4.37. The number of rotatable bonds is 6. The molecule has 1 heterocycles. The molecule has 0 aliphatic carbocycles. The van der Waals surface area contributed by atoms with Crippen LogP contribution < -0.4 is 9.47 Å². The maximum atomic E-state index is 13.4. The molecule has 3 nitrogen and oxygen atoms in total. The van der Waals surface area contributed by atoms with E-state index in [0.29, 0.717) is 5.75 Å². The lowest BCUT2D eigenvalue weighted by molar-refractivity contribution is 0.406. The van der Waals surface area contributed by atoms with Crippen LogP contribution in [-0.2, 0) is 6.54 Å². The number of aromatic nitrogens is 1. The molecule has 5 rings (SSSR count). The summed E-state index contributed by atoms with van der Waals surface area (Å²) in [4.78, 5) is 0. The predicted octanol–water partition coefficient (Wildman–Crippen LogP) is 7.49. The molecule has 170 valence electrons. The molecule has 0 fully saturated rings. The fraction of sp³-hybridized carbons (Fsp3) is 0.133. The maximum absolute atomic E-state index is 13.4. The first-order valence-corrected chi connectivity index (χ1v) is 11.2. The molecule has 1 aromatic heterocycles. The van der Waals surface area contributed by atoms with Gasteiger partial charge in [-0.25, -0.2) is 4.39 Å². The van der Waals surface area contributed by atoms with E-state index in [1.165, 1.54) is 28.8 Å². The molecule has 34 heavy (non-hydrogen) atoms. The van der Waals surface area contributed by atoms with E-state index in [4.69, 9.17) is 9.47 Å². The van der Waals surface area contributed by atoms with Crippen molar-refractivity contribution in [2.24, 2.45) is 0 Å². The lowest BCUT2D eigenvalue weighted by Crippen LogP contribution is -1.98. The minimum atomic E-state index is -0.270. The summed E-state index contributed by atoms with van der Waals surface area (Å²) in [6, 6.07) is 27.6. The van der Waals surface area contributed by atoms with E-state index in [1.807, 2.05) is 12.1 Å². The topological polar surface area (TPSA) is 23.4 Å². The highest BCUT2D eigenvalue weighted by atomic mass is 19.1. The zero-order valence-electron chi connectivity index (χ0n) is 19.5. The molecule has 0 amide bonds. The van der Waals surface area contributed by atoms with Gasteiger partial charge in [-0.3, -0.25) is 0 Å². The summed E-state index contributed by atoms with van der Waals surface area (Å²) in [7, 11) is 3.31. The first-order valence-electron chi connectivity index (χ1n) is 11.2. The number of benzene rings is 4. The second-order valence-corrected chi connectivity index (χ2v) is 8.46. The molecular formula is C30H26FNO2. The quantitative estimate of drug-likeness (QED) is 0.267. The van der Waals surface area contributed by atoms with E-state index in [1.54, 1.807) is 26.4 Å². The summed E-state index contributed by atoms with van der Waals surface area (Å²) in [5.41, 5.74) is 7.42. The van der Waals surface area contributed by atoms with Crippen molar-refractivity contribution in [2.75, 3.05) is 14.2 Å². The molecule has 0 radical (unpaired) electrons. The van der Waals surface area contributed by atoms with Gasteiger partial charge >= 0.3 is 0 Å². The van der Waals surface area contributed by atoms with Gasteiger partial charge in [-0.05, 0) is 66.1 Å². The van der Waals surface area contributed by atoms with Crippen molar-refractivity contribution in [2.45, 2.75) is 13.5 Å². The molecule has 0 unspecified atom stereocenters. The molecule has 4 heteroatoms. The second-order valence-electron chi connectivity index (χ2n) is 8.46. The van der Waals surface area contributed by atoms with E-state index in [-0.39, 0.29) is 5.82 Å². The molecule has 0 aliphatic rings. The minimum absolute atomic E-state index is 0.270. The van der Waals surface area contributed by atoms with Crippen LogP contribution in [0, 0.1) is 12.7 Å². The number of methoxy groups -OCH3 is 2. The first kappa shape index (κ1) is 21.8. The van der Waals surface area contributed by atoms with Crippen LogP contribution >= 0.6 is 0 Å². The van der Waals surface area contributed by atoms with Crippen LogP contribution in [-0.4, -0.2) is 18.8 Å². The summed E-state index contributed by atoms with van der Waals surface area (Å²) in [5, 5.41) is 1.16. The normalized spacial score (nSPS) is 11.1. The Morgan fingerprint density at radius 2 is 1.32 bits per heavy atom. The number of halogens is 1. The molecule has 0 atom stereocenters. The van der Waals surface area contributed by atoms with Crippen LogP contribution in [0.2, 0.25) is 0 Å². The number of aryl methyl sites for hydroxylation is 1. The van der Waals surface area contributed by atoms with Gasteiger partial charge in [0.05, 0.1) is 14.2 Å². The Balaban J connectivity index is 1.53. The molecule has 5 aromatic rings. The zero-order valence-corrected chi connectivity index (χ0v) is 19.5. The van der Waals surface area contributed by atoms with E-state index < -0.39 is 0 Å². The van der Waals surface area contributed by atoms with Crippen molar-refractivity contribution in [3.8, 4) is 33.8 Å². The number of fused-ring (bicyclic) bond motifs is 1. The van der Waals surface area contributed by atoms with Crippen LogP contribution in [0.1, 0.15) is 11.1 Å². The average molecular weight is 452 g/mol. The monoisotopic (exact) mass is 451 g/mol. The molecule has 0 saturated heterocycles.